The molecule has 0 radical (unpaired) electrons. The average Bonchev–Trinajstić information content (AvgIpc) is 2.71. The second-order valence-corrected chi connectivity index (χ2v) is 3.67. The molecule has 86 valence electrons. The molecule has 1 amide bonds. The van der Waals surface area contributed by atoms with E-state index in [2.05, 4.69) is 0 Å². The maximum absolute atomic E-state index is 11.5. The Labute approximate surface area is 93.4 Å². The summed E-state index contributed by atoms with van der Waals surface area (Å²) in [5.41, 5.74) is 7.24. The van der Waals surface area contributed by atoms with E-state index < -0.39 is 12.2 Å². The number of aliphatic hydroxyl groups is 1. The molecule has 3 N–H and O–H groups in total. The predicted octanol–water partition coefficient (Wildman–Crippen LogP) is 0.463. The molecule has 0 saturated carbocycles. The number of amides is 1. The van der Waals surface area contributed by atoms with E-state index in [0.29, 0.717) is 13.1 Å². The van der Waals surface area contributed by atoms with Gasteiger partial charge < -0.3 is 15.6 Å². The summed E-state index contributed by atoms with van der Waals surface area (Å²) in [6, 6.07) is 7.41. The van der Waals surface area contributed by atoms with E-state index in [9.17, 15) is 4.79 Å². The summed E-state index contributed by atoms with van der Waals surface area (Å²) in [6.07, 6.45) is -0.859. The quantitative estimate of drug-likeness (QED) is 0.779. The molecule has 2 rings (SSSR count). The van der Waals surface area contributed by atoms with Gasteiger partial charge in [0.1, 0.15) is 6.10 Å². The third kappa shape index (κ3) is 2.00. The summed E-state index contributed by atoms with van der Waals surface area (Å²) < 4.78 is 4.96. The normalized spacial score (nSPS) is 20.0. The van der Waals surface area contributed by atoms with Crippen LogP contribution in [-0.2, 0) is 11.3 Å². The standard InChI is InChI=1S/C11H14N2O3/c12-5-8-2-1-3-9(4-8)13-6-10(7-14)16-11(13)15/h1-4,10,14H,5-7,12H2. The van der Waals surface area contributed by atoms with E-state index in [4.69, 9.17) is 15.6 Å². The lowest BCUT2D eigenvalue weighted by Gasteiger charge is -2.13. The fourth-order valence-electron chi connectivity index (χ4n) is 1.68. The number of benzene rings is 1. The van der Waals surface area contributed by atoms with E-state index >= 15 is 0 Å². The number of ether oxygens (including phenoxy) is 1. The molecule has 1 aliphatic heterocycles. The molecule has 5 heteroatoms. The zero-order valence-electron chi connectivity index (χ0n) is 8.80. The molecule has 0 aromatic heterocycles. The van der Waals surface area contributed by atoms with Crippen LogP contribution in [0.1, 0.15) is 5.56 Å². The number of anilines is 1. The number of aliphatic hydroxyl groups excluding tert-OH is 1. The van der Waals surface area contributed by atoms with E-state index in [1.54, 1.807) is 0 Å². The van der Waals surface area contributed by atoms with Gasteiger partial charge in [0.15, 0.2) is 0 Å². The fourth-order valence-corrected chi connectivity index (χ4v) is 1.68. The van der Waals surface area contributed by atoms with Gasteiger partial charge in [-0.25, -0.2) is 4.79 Å². The molecule has 1 fully saturated rings. The van der Waals surface area contributed by atoms with Crippen molar-refractivity contribution in [3.63, 3.8) is 0 Å². The molecule has 0 spiro atoms. The molecule has 1 aliphatic rings. The van der Waals surface area contributed by atoms with E-state index in [0.717, 1.165) is 11.3 Å². The van der Waals surface area contributed by atoms with Crippen molar-refractivity contribution in [3.8, 4) is 0 Å². The molecule has 1 saturated heterocycles. The van der Waals surface area contributed by atoms with Crippen LogP contribution >= 0.6 is 0 Å². The highest BCUT2D eigenvalue weighted by Gasteiger charge is 2.31. The molecular formula is C11H14N2O3. The van der Waals surface area contributed by atoms with E-state index in [1.807, 2.05) is 24.3 Å². The van der Waals surface area contributed by atoms with Crippen LogP contribution in [0.25, 0.3) is 0 Å². The predicted molar refractivity (Wildman–Crippen MR) is 59.0 cm³/mol. The second kappa shape index (κ2) is 4.51. The Bertz CT molecular complexity index is 395. The lowest BCUT2D eigenvalue weighted by molar-refractivity contribution is 0.0963. The van der Waals surface area contributed by atoms with Crippen molar-refractivity contribution in [2.75, 3.05) is 18.1 Å². The van der Waals surface area contributed by atoms with Gasteiger partial charge in [0.25, 0.3) is 0 Å². The highest BCUT2D eigenvalue weighted by molar-refractivity contribution is 5.89. The minimum absolute atomic E-state index is 0.154. The summed E-state index contributed by atoms with van der Waals surface area (Å²) in [4.78, 5) is 13.0. The molecule has 1 aromatic carbocycles. The van der Waals surface area contributed by atoms with E-state index in [-0.39, 0.29) is 6.61 Å². The molecule has 5 nitrogen and oxygen atoms in total. The molecule has 0 bridgehead atoms. The number of hydrogen-bond acceptors (Lipinski definition) is 4. The first-order valence-corrected chi connectivity index (χ1v) is 5.12. The van der Waals surface area contributed by atoms with Crippen LogP contribution in [0.3, 0.4) is 0 Å². The summed E-state index contributed by atoms with van der Waals surface area (Å²) in [5, 5.41) is 8.93. The van der Waals surface area contributed by atoms with Crippen LogP contribution in [0.5, 0.6) is 0 Å². The molecule has 1 aromatic rings. The lowest BCUT2D eigenvalue weighted by Crippen LogP contribution is -2.25. The number of rotatable bonds is 3. The van der Waals surface area contributed by atoms with Gasteiger partial charge >= 0.3 is 6.09 Å². The molecule has 1 heterocycles. The van der Waals surface area contributed by atoms with Crippen molar-refractivity contribution < 1.29 is 14.6 Å². The highest BCUT2D eigenvalue weighted by Crippen LogP contribution is 2.22. The van der Waals surface area contributed by atoms with Gasteiger partial charge in [-0.1, -0.05) is 12.1 Å². The number of cyclic esters (lactones) is 1. The minimum atomic E-state index is -0.436. The van der Waals surface area contributed by atoms with Gasteiger partial charge in [0.2, 0.25) is 0 Å². The van der Waals surface area contributed by atoms with Gasteiger partial charge in [-0.3, -0.25) is 4.90 Å². The van der Waals surface area contributed by atoms with E-state index in [1.165, 1.54) is 4.90 Å². The average molecular weight is 222 g/mol. The van der Waals surface area contributed by atoms with Crippen molar-refractivity contribution in [1.29, 1.82) is 0 Å². The van der Waals surface area contributed by atoms with Gasteiger partial charge in [-0.05, 0) is 17.7 Å². The number of nitrogens with two attached hydrogens (primary N) is 1. The Kier molecular flexibility index (Phi) is 3.07. The van der Waals surface area contributed by atoms with Crippen LogP contribution in [-0.4, -0.2) is 30.5 Å². The Hall–Kier alpha value is -1.59. The van der Waals surface area contributed by atoms with Crippen LogP contribution in [0.4, 0.5) is 10.5 Å². The summed E-state index contributed by atoms with van der Waals surface area (Å²) in [7, 11) is 0. The van der Waals surface area contributed by atoms with Crippen LogP contribution < -0.4 is 10.6 Å². The number of hydrogen-bond donors (Lipinski definition) is 2. The summed E-state index contributed by atoms with van der Waals surface area (Å²) in [5.74, 6) is 0. The maximum Gasteiger partial charge on any atom is 0.414 e. The molecule has 1 unspecified atom stereocenters. The summed E-state index contributed by atoms with van der Waals surface area (Å²) >= 11 is 0. The molecular weight excluding hydrogens is 208 g/mol. The molecule has 16 heavy (non-hydrogen) atoms. The Morgan fingerprint density at radius 3 is 3.00 bits per heavy atom. The van der Waals surface area contributed by atoms with Gasteiger partial charge in [0.05, 0.1) is 13.2 Å². The molecule has 1 atom stereocenters. The van der Waals surface area contributed by atoms with Crippen molar-refractivity contribution in [3.05, 3.63) is 29.8 Å². The zero-order valence-corrected chi connectivity index (χ0v) is 8.80. The largest absolute Gasteiger partial charge is 0.441 e. The highest BCUT2D eigenvalue weighted by atomic mass is 16.6. The Morgan fingerprint density at radius 1 is 1.56 bits per heavy atom. The van der Waals surface area contributed by atoms with Crippen molar-refractivity contribution in [2.45, 2.75) is 12.6 Å². The fraction of sp³-hybridized carbons (Fsp3) is 0.364. The smallest absolute Gasteiger partial charge is 0.414 e. The third-order valence-electron chi connectivity index (χ3n) is 2.54. The SMILES string of the molecule is NCc1cccc(N2CC(CO)OC2=O)c1. The maximum atomic E-state index is 11.5. The third-order valence-corrected chi connectivity index (χ3v) is 2.54. The van der Waals surface area contributed by atoms with Gasteiger partial charge in [0, 0.05) is 12.2 Å². The first-order chi connectivity index (χ1) is 7.74. The lowest BCUT2D eigenvalue weighted by atomic mass is 10.2. The van der Waals surface area contributed by atoms with Crippen molar-refractivity contribution in [1.82, 2.24) is 0 Å². The first kappa shape index (κ1) is 10.9. The zero-order chi connectivity index (χ0) is 11.5. The number of carbonyl (C=O) groups is 1. The van der Waals surface area contributed by atoms with Crippen LogP contribution in [0, 0.1) is 0 Å². The monoisotopic (exact) mass is 222 g/mol. The van der Waals surface area contributed by atoms with Crippen molar-refractivity contribution in [2.24, 2.45) is 5.73 Å². The van der Waals surface area contributed by atoms with Gasteiger partial charge in [-0.2, -0.15) is 0 Å². The minimum Gasteiger partial charge on any atom is -0.441 e. The second-order valence-electron chi connectivity index (χ2n) is 3.67. The van der Waals surface area contributed by atoms with Crippen LogP contribution in [0.15, 0.2) is 24.3 Å². The Balaban J connectivity index is 2.20. The number of nitrogens with zero attached hydrogens (tertiary/aromatic N) is 1. The first-order valence-electron chi connectivity index (χ1n) is 5.12. The van der Waals surface area contributed by atoms with Gasteiger partial charge in [-0.15, -0.1) is 0 Å². The Morgan fingerprint density at radius 2 is 2.38 bits per heavy atom. The summed E-state index contributed by atoms with van der Waals surface area (Å²) in [6.45, 7) is 0.655. The molecule has 0 aliphatic carbocycles. The topological polar surface area (TPSA) is 75.8 Å². The number of carbonyl (C=O) groups excluding carboxylic acids is 1. The van der Waals surface area contributed by atoms with Crippen molar-refractivity contribution >= 4 is 11.8 Å². The van der Waals surface area contributed by atoms with Crippen LogP contribution in [0.2, 0.25) is 0 Å².